The summed E-state index contributed by atoms with van der Waals surface area (Å²) in [5.74, 6) is 1.64. The maximum atomic E-state index is 5.87. The first kappa shape index (κ1) is 12.4. The minimum absolute atomic E-state index is 0.424. The summed E-state index contributed by atoms with van der Waals surface area (Å²) in [6, 6.07) is 10.1. The molecule has 19 heavy (non-hydrogen) atoms. The van der Waals surface area contributed by atoms with Gasteiger partial charge in [0.2, 0.25) is 0 Å². The first-order chi connectivity index (χ1) is 9.15. The normalized spacial score (nSPS) is 19.0. The molecule has 0 spiro atoms. The Hall–Kier alpha value is -1.68. The largest absolute Gasteiger partial charge is 0.389 e. The van der Waals surface area contributed by atoms with E-state index in [1.807, 2.05) is 24.3 Å². The molecule has 0 bridgehead atoms. The third kappa shape index (κ3) is 2.28. The molecule has 0 aliphatic carbocycles. The van der Waals surface area contributed by atoms with E-state index in [0.29, 0.717) is 10.9 Å². The highest BCUT2D eigenvalue weighted by Gasteiger charge is 2.23. The predicted octanol–water partition coefficient (Wildman–Crippen LogP) is 2.72. The molecule has 0 saturated carbocycles. The first-order valence-corrected chi connectivity index (χ1v) is 7.00. The van der Waals surface area contributed by atoms with Crippen molar-refractivity contribution >= 4 is 33.9 Å². The number of benzene rings is 1. The zero-order chi connectivity index (χ0) is 13.4. The third-order valence-corrected chi connectivity index (χ3v) is 3.91. The van der Waals surface area contributed by atoms with E-state index in [-0.39, 0.29) is 0 Å². The van der Waals surface area contributed by atoms with Gasteiger partial charge in [0, 0.05) is 18.5 Å². The van der Waals surface area contributed by atoms with Crippen LogP contribution in [0.2, 0.25) is 0 Å². The van der Waals surface area contributed by atoms with Gasteiger partial charge in [-0.3, -0.25) is 0 Å². The van der Waals surface area contributed by atoms with E-state index in [1.54, 1.807) is 0 Å². The van der Waals surface area contributed by atoms with Crippen LogP contribution >= 0.6 is 12.2 Å². The Morgan fingerprint density at radius 2 is 2.21 bits per heavy atom. The minimum atomic E-state index is 0.424. The van der Waals surface area contributed by atoms with Crippen LogP contribution in [0.3, 0.4) is 0 Å². The summed E-state index contributed by atoms with van der Waals surface area (Å²) in [6.45, 7) is 4.32. The van der Waals surface area contributed by atoms with E-state index < -0.39 is 0 Å². The number of nitrogens with zero attached hydrogens (tertiary/aromatic N) is 2. The van der Waals surface area contributed by atoms with Crippen LogP contribution in [0.5, 0.6) is 0 Å². The molecule has 1 saturated heterocycles. The van der Waals surface area contributed by atoms with Gasteiger partial charge in [-0.2, -0.15) is 0 Å². The molecule has 2 aromatic rings. The fourth-order valence-corrected chi connectivity index (χ4v) is 2.81. The lowest BCUT2D eigenvalue weighted by molar-refractivity contribution is 0.659. The molecule has 3 nitrogen and oxygen atoms in total. The molecule has 1 aromatic heterocycles. The van der Waals surface area contributed by atoms with Gasteiger partial charge in [0.25, 0.3) is 0 Å². The quantitative estimate of drug-likeness (QED) is 0.853. The molecule has 98 valence electrons. The van der Waals surface area contributed by atoms with Gasteiger partial charge in [-0.1, -0.05) is 37.3 Å². The second kappa shape index (κ2) is 4.78. The molecule has 1 aliphatic heterocycles. The summed E-state index contributed by atoms with van der Waals surface area (Å²) in [5.41, 5.74) is 7.76. The molecule has 1 aliphatic rings. The highest BCUT2D eigenvalue weighted by atomic mass is 32.1. The predicted molar refractivity (Wildman–Crippen MR) is 83.6 cm³/mol. The maximum Gasteiger partial charge on any atom is 0.139 e. The Bertz CT molecular complexity index is 638. The van der Waals surface area contributed by atoms with Gasteiger partial charge in [0.1, 0.15) is 10.8 Å². The number of thiocarbonyl (C=S) groups is 1. The number of anilines is 1. The van der Waals surface area contributed by atoms with Crippen molar-refractivity contribution in [1.82, 2.24) is 4.98 Å². The number of hydrogen-bond acceptors (Lipinski definition) is 3. The van der Waals surface area contributed by atoms with Crippen molar-refractivity contribution in [3.63, 3.8) is 0 Å². The average Bonchev–Trinajstić information content (AvgIpc) is 2.83. The van der Waals surface area contributed by atoms with E-state index in [2.05, 4.69) is 17.9 Å². The minimum Gasteiger partial charge on any atom is -0.389 e. The van der Waals surface area contributed by atoms with Crippen LogP contribution < -0.4 is 10.6 Å². The van der Waals surface area contributed by atoms with Crippen molar-refractivity contribution < 1.29 is 0 Å². The summed E-state index contributed by atoms with van der Waals surface area (Å²) < 4.78 is 0. The molecule has 1 fully saturated rings. The molecular formula is C15H17N3S. The van der Waals surface area contributed by atoms with Crippen LogP contribution in [0.25, 0.3) is 10.9 Å². The van der Waals surface area contributed by atoms with E-state index in [9.17, 15) is 0 Å². The van der Waals surface area contributed by atoms with Crippen molar-refractivity contribution in [2.24, 2.45) is 11.7 Å². The lowest BCUT2D eigenvalue weighted by atomic mass is 10.1. The van der Waals surface area contributed by atoms with Crippen molar-refractivity contribution in [3.05, 3.63) is 35.9 Å². The fraction of sp³-hybridized carbons (Fsp3) is 0.333. The molecule has 1 aromatic carbocycles. The van der Waals surface area contributed by atoms with Gasteiger partial charge in [0.05, 0.1) is 11.1 Å². The first-order valence-electron chi connectivity index (χ1n) is 6.59. The van der Waals surface area contributed by atoms with E-state index in [4.69, 9.17) is 22.9 Å². The standard InChI is InChI=1S/C15H17N3S/c1-10-6-7-18(9-10)15-12(14(16)19)8-11-4-2-3-5-13(11)17-15/h2-5,8,10H,6-7,9H2,1H3,(H2,16,19). The van der Waals surface area contributed by atoms with Crippen LogP contribution in [0.4, 0.5) is 5.82 Å². The van der Waals surface area contributed by atoms with Crippen LogP contribution in [-0.2, 0) is 0 Å². The van der Waals surface area contributed by atoms with Crippen molar-refractivity contribution in [2.75, 3.05) is 18.0 Å². The number of rotatable bonds is 2. The molecule has 2 N–H and O–H groups in total. The van der Waals surface area contributed by atoms with Crippen LogP contribution in [0.15, 0.2) is 30.3 Å². The van der Waals surface area contributed by atoms with Crippen molar-refractivity contribution in [1.29, 1.82) is 0 Å². The average molecular weight is 271 g/mol. The Morgan fingerprint density at radius 3 is 2.89 bits per heavy atom. The molecule has 0 amide bonds. The molecule has 1 atom stereocenters. The fourth-order valence-electron chi connectivity index (χ4n) is 2.66. The van der Waals surface area contributed by atoms with Gasteiger partial charge < -0.3 is 10.6 Å². The molecule has 0 radical (unpaired) electrons. The second-order valence-corrected chi connectivity index (χ2v) is 5.70. The van der Waals surface area contributed by atoms with E-state index >= 15 is 0 Å². The number of fused-ring (bicyclic) bond motifs is 1. The summed E-state index contributed by atoms with van der Waals surface area (Å²) in [4.78, 5) is 7.49. The van der Waals surface area contributed by atoms with Crippen molar-refractivity contribution in [2.45, 2.75) is 13.3 Å². The number of aromatic nitrogens is 1. The highest BCUT2D eigenvalue weighted by molar-refractivity contribution is 7.80. The van der Waals surface area contributed by atoms with Gasteiger partial charge in [-0.15, -0.1) is 0 Å². The van der Waals surface area contributed by atoms with Crippen LogP contribution in [0, 0.1) is 5.92 Å². The van der Waals surface area contributed by atoms with Crippen molar-refractivity contribution in [3.8, 4) is 0 Å². The molecule has 4 heteroatoms. The Morgan fingerprint density at radius 1 is 1.42 bits per heavy atom. The van der Waals surface area contributed by atoms with Gasteiger partial charge >= 0.3 is 0 Å². The maximum absolute atomic E-state index is 5.87. The smallest absolute Gasteiger partial charge is 0.139 e. The molecule has 2 heterocycles. The topological polar surface area (TPSA) is 42.2 Å². The lowest BCUT2D eigenvalue weighted by Gasteiger charge is -2.20. The number of pyridine rings is 1. The summed E-state index contributed by atoms with van der Waals surface area (Å²) in [7, 11) is 0. The van der Waals surface area contributed by atoms with E-state index in [1.165, 1.54) is 6.42 Å². The summed E-state index contributed by atoms with van der Waals surface area (Å²) in [5, 5.41) is 1.08. The highest BCUT2D eigenvalue weighted by Crippen LogP contribution is 2.28. The Labute approximate surface area is 118 Å². The number of nitrogens with two attached hydrogens (primary N) is 1. The third-order valence-electron chi connectivity index (χ3n) is 3.69. The lowest BCUT2D eigenvalue weighted by Crippen LogP contribution is -2.24. The molecule has 1 unspecified atom stereocenters. The monoisotopic (exact) mass is 271 g/mol. The summed E-state index contributed by atoms with van der Waals surface area (Å²) in [6.07, 6.45) is 1.20. The SMILES string of the molecule is CC1CCN(c2nc3ccccc3cc2C(N)=S)C1. The van der Waals surface area contributed by atoms with E-state index in [0.717, 1.165) is 35.4 Å². The number of hydrogen-bond donors (Lipinski definition) is 1. The van der Waals surface area contributed by atoms with Crippen LogP contribution in [-0.4, -0.2) is 23.1 Å². The Kier molecular flexibility index (Phi) is 3.11. The zero-order valence-corrected chi connectivity index (χ0v) is 11.8. The molecule has 3 rings (SSSR count). The second-order valence-electron chi connectivity index (χ2n) is 5.26. The molecular weight excluding hydrogens is 254 g/mol. The van der Waals surface area contributed by atoms with Crippen LogP contribution in [0.1, 0.15) is 18.9 Å². The number of para-hydroxylation sites is 1. The zero-order valence-electron chi connectivity index (χ0n) is 11.0. The van der Waals surface area contributed by atoms with Gasteiger partial charge in [0.15, 0.2) is 0 Å². The summed E-state index contributed by atoms with van der Waals surface area (Å²) >= 11 is 5.19. The Balaban J connectivity index is 2.15. The van der Waals surface area contributed by atoms with Gasteiger partial charge in [-0.05, 0) is 24.5 Å². The van der Waals surface area contributed by atoms with Gasteiger partial charge in [-0.25, -0.2) is 4.98 Å².